The Hall–Kier alpha value is -3.50. The van der Waals surface area contributed by atoms with E-state index >= 15 is 0 Å². The minimum absolute atomic E-state index is 0.190. The molecule has 3 aromatic rings. The molecule has 0 aliphatic carbocycles. The molecule has 4 heterocycles. The van der Waals surface area contributed by atoms with Crippen LogP contribution in [-0.4, -0.2) is 32.6 Å². The van der Waals surface area contributed by atoms with Gasteiger partial charge in [-0.25, -0.2) is 9.97 Å². The summed E-state index contributed by atoms with van der Waals surface area (Å²) >= 11 is 0. The minimum Gasteiger partial charge on any atom is -0.422 e. The van der Waals surface area contributed by atoms with Gasteiger partial charge in [0.15, 0.2) is 5.69 Å². The maximum Gasteiger partial charge on any atom is 0.417 e. The van der Waals surface area contributed by atoms with E-state index in [2.05, 4.69) is 30.8 Å². The van der Waals surface area contributed by atoms with E-state index in [9.17, 15) is 18.0 Å². The van der Waals surface area contributed by atoms with Crippen molar-refractivity contribution in [2.45, 2.75) is 19.5 Å². The number of aromatic nitrogens is 4. The van der Waals surface area contributed by atoms with Crippen molar-refractivity contribution in [1.82, 2.24) is 25.5 Å². The zero-order valence-electron chi connectivity index (χ0n) is 15.3. The number of halogens is 3. The molecule has 0 saturated carbocycles. The molecule has 1 aliphatic rings. The predicted molar refractivity (Wildman–Crippen MR) is 96.8 cm³/mol. The van der Waals surface area contributed by atoms with Crippen LogP contribution in [0.5, 0.6) is 0 Å². The lowest BCUT2D eigenvalue weighted by atomic mass is 10.1. The highest BCUT2D eigenvalue weighted by Crippen LogP contribution is 2.30. The number of hydrogen-bond acceptors (Lipinski definition) is 7. The normalized spacial score (nSPS) is 16.0. The summed E-state index contributed by atoms with van der Waals surface area (Å²) in [6.45, 7) is 2.82. The Bertz CT molecular complexity index is 945. The number of carbonyl (C=O) groups is 1. The molecular formula is C18H17F3N6O2. The van der Waals surface area contributed by atoms with Gasteiger partial charge in [-0.2, -0.15) is 13.2 Å². The average molecular weight is 406 g/mol. The van der Waals surface area contributed by atoms with E-state index in [4.69, 9.17) is 4.42 Å². The highest BCUT2D eigenvalue weighted by atomic mass is 19.4. The molecule has 4 rings (SSSR count). The first-order valence-corrected chi connectivity index (χ1v) is 8.64. The number of anilines is 2. The van der Waals surface area contributed by atoms with Crippen molar-refractivity contribution in [3.8, 4) is 11.6 Å². The molecule has 0 spiro atoms. The molecule has 2 N–H and O–H groups in total. The average Bonchev–Trinajstić information content (AvgIpc) is 3.35. The quantitative estimate of drug-likeness (QED) is 0.686. The van der Waals surface area contributed by atoms with E-state index < -0.39 is 11.7 Å². The zero-order valence-corrected chi connectivity index (χ0v) is 15.3. The highest BCUT2D eigenvalue weighted by Gasteiger charge is 2.30. The van der Waals surface area contributed by atoms with Crippen molar-refractivity contribution in [2.24, 2.45) is 5.92 Å². The summed E-state index contributed by atoms with van der Waals surface area (Å²) in [4.78, 5) is 18.3. The van der Waals surface area contributed by atoms with Gasteiger partial charge in [0, 0.05) is 24.9 Å². The lowest BCUT2D eigenvalue weighted by Gasteiger charge is -2.10. The van der Waals surface area contributed by atoms with Gasteiger partial charge in [0.2, 0.25) is 12.3 Å². The lowest BCUT2D eigenvalue weighted by Crippen LogP contribution is -2.16. The van der Waals surface area contributed by atoms with Crippen LogP contribution in [0.4, 0.5) is 24.7 Å². The fraction of sp³-hybridized carbons (Fsp3) is 0.278. The van der Waals surface area contributed by atoms with Crippen molar-refractivity contribution < 1.29 is 22.4 Å². The molecule has 8 nitrogen and oxygen atoms in total. The minimum atomic E-state index is -4.42. The van der Waals surface area contributed by atoms with Crippen molar-refractivity contribution in [1.29, 1.82) is 0 Å². The molecule has 1 unspecified atom stereocenters. The molecule has 29 heavy (non-hydrogen) atoms. The van der Waals surface area contributed by atoms with Gasteiger partial charge >= 0.3 is 6.18 Å². The third kappa shape index (κ3) is 5.27. The van der Waals surface area contributed by atoms with Crippen LogP contribution in [0.25, 0.3) is 11.6 Å². The van der Waals surface area contributed by atoms with Crippen molar-refractivity contribution in [3.63, 3.8) is 0 Å². The Kier molecular flexibility index (Phi) is 6.05. The first-order valence-electron chi connectivity index (χ1n) is 8.64. The first kappa shape index (κ1) is 20.2. The van der Waals surface area contributed by atoms with Crippen LogP contribution in [0.1, 0.15) is 18.9 Å². The SMILES string of the molecule is CC1CCNC1=O.FC(F)(F)c1ccc(Nc2cccnc2-c2nnco2)nc1. The third-order valence-corrected chi connectivity index (χ3v) is 4.05. The van der Waals surface area contributed by atoms with E-state index in [1.807, 2.05) is 6.92 Å². The Morgan fingerprint density at radius 1 is 1.24 bits per heavy atom. The summed E-state index contributed by atoms with van der Waals surface area (Å²) in [6.07, 6.45) is 0.0354. The van der Waals surface area contributed by atoms with Gasteiger partial charge in [0.25, 0.3) is 5.89 Å². The van der Waals surface area contributed by atoms with Crippen LogP contribution >= 0.6 is 0 Å². The molecular weight excluding hydrogens is 389 g/mol. The molecule has 1 amide bonds. The van der Waals surface area contributed by atoms with Crippen LogP contribution in [0, 0.1) is 5.92 Å². The maximum absolute atomic E-state index is 12.5. The van der Waals surface area contributed by atoms with Crippen LogP contribution in [0.2, 0.25) is 0 Å². The second-order valence-corrected chi connectivity index (χ2v) is 6.18. The first-order chi connectivity index (χ1) is 13.8. The number of carbonyl (C=O) groups excluding carboxylic acids is 1. The van der Waals surface area contributed by atoms with Gasteiger partial charge in [-0.3, -0.25) is 4.79 Å². The Balaban J connectivity index is 0.000000290. The summed E-state index contributed by atoms with van der Waals surface area (Å²) in [5.41, 5.74) is 0.0436. The lowest BCUT2D eigenvalue weighted by molar-refractivity contribution is -0.137. The summed E-state index contributed by atoms with van der Waals surface area (Å²) in [5.74, 6) is 0.900. The smallest absolute Gasteiger partial charge is 0.417 e. The third-order valence-electron chi connectivity index (χ3n) is 4.05. The molecule has 0 bridgehead atoms. The van der Waals surface area contributed by atoms with E-state index in [0.717, 1.165) is 31.6 Å². The Morgan fingerprint density at radius 2 is 2.07 bits per heavy atom. The van der Waals surface area contributed by atoms with Crippen LogP contribution in [-0.2, 0) is 11.0 Å². The molecule has 1 atom stereocenters. The Labute approximate surface area is 163 Å². The predicted octanol–water partition coefficient (Wildman–Crippen LogP) is 3.43. The monoisotopic (exact) mass is 406 g/mol. The fourth-order valence-corrected chi connectivity index (χ4v) is 2.44. The van der Waals surface area contributed by atoms with Gasteiger partial charge in [-0.1, -0.05) is 6.92 Å². The molecule has 152 valence electrons. The summed E-state index contributed by atoms with van der Waals surface area (Å²) in [6, 6.07) is 5.50. The summed E-state index contributed by atoms with van der Waals surface area (Å²) in [5, 5.41) is 12.9. The van der Waals surface area contributed by atoms with Crippen LogP contribution in [0.3, 0.4) is 0 Å². The van der Waals surface area contributed by atoms with Gasteiger partial charge in [0.05, 0.1) is 11.3 Å². The summed E-state index contributed by atoms with van der Waals surface area (Å²) < 4.78 is 42.6. The van der Waals surface area contributed by atoms with E-state index in [-0.39, 0.29) is 23.5 Å². The van der Waals surface area contributed by atoms with Crippen molar-refractivity contribution in [2.75, 3.05) is 11.9 Å². The van der Waals surface area contributed by atoms with Gasteiger partial charge in [-0.05, 0) is 30.7 Å². The number of nitrogens with one attached hydrogen (secondary N) is 2. The van der Waals surface area contributed by atoms with Crippen molar-refractivity contribution in [3.05, 3.63) is 48.6 Å². The number of rotatable bonds is 3. The second-order valence-electron chi connectivity index (χ2n) is 6.18. The highest BCUT2D eigenvalue weighted by molar-refractivity contribution is 5.80. The van der Waals surface area contributed by atoms with E-state index in [1.54, 1.807) is 12.1 Å². The standard InChI is InChI=1S/C13H8F3N5O.C5H9NO/c14-13(15,16)8-3-4-10(18-6-8)20-9-2-1-5-17-11(9)12-21-19-7-22-12;1-4-2-3-6-5(4)7/h1-7H,(H,18,20);4H,2-3H2,1H3,(H,6,7). The molecule has 11 heteroatoms. The maximum atomic E-state index is 12.5. The number of nitrogens with zero attached hydrogens (tertiary/aromatic N) is 4. The van der Waals surface area contributed by atoms with E-state index in [1.165, 1.54) is 12.3 Å². The van der Waals surface area contributed by atoms with Gasteiger partial charge in [-0.15, -0.1) is 10.2 Å². The molecule has 0 aromatic carbocycles. The van der Waals surface area contributed by atoms with Crippen molar-refractivity contribution >= 4 is 17.4 Å². The molecule has 1 aliphatic heterocycles. The molecule has 1 saturated heterocycles. The van der Waals surface area contributed by atoms with E-state index in [0.29, 0.717) is 11.4 Å². The second kappa shape index (κ2) is 8.67. The van der Waals surface area contributed by atoms with Gasteiger partial charge in [0.1, 0.15) is 5.82 Å². The van der Waals surface area contributed by atoms with Gasteiger partial charge < -0.3 is 15.1 Å². The molecule has 3 aromatic heterocycles. The number of pyridine rings is 2. The summed E-state index contributed by atoms with van der Waals surface area (Å²) in [7, 11) is 0. The van der Waals surface area contributed by atoms with Crippen LogP contribution in [0.15, 0.2) is 47.5 Å². The largest absolute Gasteiger partial charge is 0.422 e. The number of amides is 1. The molecule has 0 radical (unpaired) electrons. The topological polar surface area (TPSA) is 106 Å². The van der Waals surface area contributed by atoms with Crippen LogP contribution < -0.4 is 10.6 Å². The number of alkyl halides is 3. The fourth-order valence-electron chi connectivity index (χ4n) is 2.44. The zero-order chi connectivity index (χ0) is 20.9. The Morgan fingerprint density at radius 3 is 2.59 bits per heavy atom. The number of hydrogen-bond donors (Lipinski definition) is 2. The molecule has 1 fully saturated rings.